The van der Waals surface area contributed by atoms with Gasteiger partial charge in [-0.2, -0.15) is 13.2 Å². The number of halogens is 3. The van der Waals surface area contributed by atoms with E-state index in [0.717, 1.165) is 19.4 Å². The maximum absolute atomic E-state index is 12.9. The molecule has 0 aromatic heterocycles. The zero-order valence-corrected chi connectivity index (χ0v) is 12.0. The molecule has 0 bridgehead atoms. The minimum absolute atomic E-state index is 0.0715. The van der Waals surface area contributed by atoms with Crippen LogP contribution >= 0.6 is 0 Å². The highest BCUT2D eigenvalue weighted by Crippen LogP contribution is 2.38. The summed E-state index contributed by atoms with van der Waals surface area (Å²) in [4.78, 5) is 2.53. The molecular weight excluding hydrogens is 265 g/mol. The Kier molecular flexibility index (Phi) is 4.27. The molecule has 1 aliphatic carbocycles. The number of hydrogen-bond donors (Lipinski definition) is 1. The highest BCUT2D eigenvalue weighted by Gasteiger charge is 2.43. The SMILES string of the molecule is FC(F)(F)C1CCCC(NC2CCN3CCCCC23)C1. The van der Waals surface area contributed by atoms with Crippen LogP contribution in [0.25, 0.3) is 0 Å². The van der Waals surface area contributed by atoms with Gasteiger partial charge in [-0.25, -0.2) is 0 Å². The van der Waals surface area contributed by atoms with Crippen LogP contribution in [-0.2, 0) is 0 Å². The summed E-state index contributed by atoms with van der Waals surface area (Å²) in [5.74, 6) is -1.09. The second kappa shape index (κ2) is 5.84. The monoisotopic (exact) mass is 290 g/mol. The van der Waals surface area contributed by atoms with Crippen molar-refractivity contribution in [2.45, 2.75) is 75.7 Å². The van der Waals surface area contributed by atoms with E-state index in [4.69, 9.17) is 0 Å². The van der Waals surface area contributed by atoms with Crippen molar-refractivity contribution in [1.29, 1.82) is 0 Å². The lowest BCUT2D eigenvalue weighted by Gasteiger charge is -2.37. The third-order valence-corrected chi connectivity index (χ3v) is 5.44. The fraction of sp³-hybridized carbons (Fsp3) is 1.00. The fourth-order valence-electron chi connectivity index (χ4n) is 4.38. The lowest BCUT2D eigenvalue weighted by molar-refractivity contribution is -0.183. The van der Waals surface area contributed by atoms with Crippen LogP contribution in [0.15, 0.2) is 0 Å². The quantitative estimate of drug-likeness (QED) is 0.839. The van der Waals surface area contributed by atoms with Gasteiger partial charge in [0, 0.05) is 24.7 Å². The van der Waals surface area contributed by atoms with Crippen LogP contribution in [0.2, 0.25) is 0 Å². The standard InChI is InChI=1S/C15H25F3N2/c16-15(17,18)11-4-3-5-12(10-11)19-13-7-9-20-8-2-1-6-14(13)20/h11-14,19H,1-10H2. The summed E-state index contributed by atoms with van der Waals surface area (Å²) in [7, 11) is 0. The molecule has 4 unspecified atom stereocenters. The molecule has 20 heavy (non-hydrogen) atoms. The summed E-state index contributed by atoms with van der Waals surface area (Å²) in [5, 5.41) is 3.58. The minimum atomic E-state index is -4.01. The molecule has 4 atom stereocenters. The highest BCUT2D eigenvalue weighted by molar-refractivity contribution is 4.96. The van der Waals surface area contributed by atoms with Crippen molar-refractivity contribution >= 4 is 0 Å². The van der Waals surface area contributed by atoms with E-state index in [1.165, 1.54) is 25.8 Å². The molecule has 0 amide bonds. The first-order valence-electron chi connectivity index (χ1n) is 8.11. The van der Waals surface area contributed by atoms with E-state index >= 15 is 0 Å². The maximum Gasteiger partial charge on any atom is 0.391 e. The summed E-state index contributed by atoms with van der Waals surface area (Å²) in [6, 6.07) is 1.07. The predicted molar refractivity (Wildman–Crippen MR) is 72.6 cm³/mol. The molecule has 0 aromatic rings. The molecule has 2 saturated heterocycles. The van der Waals surface area contributed by atoms with Gasteiger partial charge in [0.05, 0.1) is 5.92 Å². The van der Waals surface area contributed by atoms with Crippen LogP contribution in [0.4, 0.5) is 13.2 Å². The summed E-state index contributed by atoms with van der Waals surface area (Å²) in [6.07, 6.45) is 3.10. The Bertz CT molecular complexity index is 332. The smallest absolute Gasteiger partial charge is 0.310 e. The van der Waals surface area contributed by atoms with Gasteiger partial charge < -0.3 is 5.32 Å². The van der Waals surface area contributed by atoms with Crippen molar-refractivity contribution in [2.75, 3.05) is 13.1 Å². The number of nitrogens with one attached hydrogen (secondary N) is 1. The van der Waals surface area contributed by atoms with E-state index in [-0.39, 0.29) is 12.5 Å². The van der Waals surface area contributed by atoms with Crippen LogP contribution in [0.5, 0.6) is 0 Å². The van der Waals surface area contributed by atoms with Crippen molar-refractivity contribution in [3.63, 3.8) is 0 Å². The number of nitrogens with zero attached hydrogens (tertiary/aromatic N) is 1. The summed E-state index contributed by atoms with van der Waals surface area (Å²) < 4.78 is 38.6. The Balaban J connectivity index is 1.55. The second-order valence-corrected chi connectivity index (χ2v) is 6.76. The van der Waals surface area contributed by atoms with Gasteiger partial charge in [-0.3, -0.25) is 4.90 Å². The number of rotatable bonds is 2. The van der Waals surface area contributed by atoms with Gasteiger partial charge in [-0.1, -0.05) is 12.8 Å². The minimum Gasteiger partial charge on any atom is -0.310 e. The largest absolute Gasteiger partial charge is 0.391 e. The maximum atomic E-state index is 12.9. The predicted octanol–water partition coefficient (Wildman–Crippen LogP) is 3.32. The third-order valence-electron chi connectivity index (χ3n) is 5.44. The summed E-state index contributed by atoms with van der Waals surface area (Å²) in [5.41, 5.74) is 0. The first kappa shape index (κ1) is 14.6. The summed E-state index contributed by atoms with van der Waals surface area (Å²) in [6.45, 7) is 2.30. The van der Waals surface area contributed by atoms with Crippen molar-refractivity contribution in [3.05, 3.63) is 0 Å². The zero-order chi connectivity index (χ0) is 14.2. The van der Waals surface area contributed by atoms with Gasteiger partial charge in [0.25, 0.3) is 0 Å². The normalized spacial score (nSPS) is 39.8. The van der Waals surface area contributed by atoms with Crippen LogP contribution in [0, 0.1) is 5.92 Å². The van der Waals surface area contributed by atoms with Gasteiger partial charge in [0.15, 0.2) is 0 Å². The van der Waals surface area contributed by atoms with E-state index < -0.39 is 12.1 Å². The molecule has 2 nitrogen and oxygen atoms in total. The van der Waals surface area contributed by atoms with Crippen molar-refractivity contribution in [2.24, 2.45) is 5.92 Å². The van der Waals surface area contributed by atoms with Crippen molar-refractivity contribution in [3.8, 4) is 0 Å². The lowest BCUT2D eigenvalue weighted by atomic mass is 9.84. The van der Waals surface area contributed by atoms with E-state index in [2.05, 4.69) is 10.2 Å². The Morgan fingerprint density at radius 2 is 1.75 bits per heavy atom. The molecule has 1 N–H and O–H groups in total. The molecule has 0 aromatic carbocycles. The summed E-state index contributed by atoms with van der Waals surface area (Å²) >= 11 is 0. The molecule has 116 valence electrons. The number of hydrogen-bond acceptors (Lipinski definition) is 2. The number of alkyl halides is 3. The third kappa shape index (κ3) is 3.14. The molecule has 2 aliphatic heterocycles. The van der Waals surface area contributed by atoms with Crippen molar-refractivity contribution in [1.82, 2.24) is 10.2 Å². The van der Waals surface area contributed by atoms with Gasteiger partial charge in [0.1, 0.15) is 0 Å². The molecule has 3 fully saturated rings. The Hall–Kier alpha value is -0.290. The van der Waals surface area contributed by atoms with E-state index in [0.29, 0.717) is 24.9 Å². The van der Waals surface area contributed by atoms with Crippen LogP contribution in [-0.4, -0.2) is 42.3 Å². The molecule has 0 spiro atoms. The molecule has 5 heteroatoms. The zero-order valence-electron chi connectivity index (χ0n) is 12.0. The first-order chi connectivity index (χ1) is 9.54. The van der Waals surface area contributed by atoms with Gasteiger partial charge in [0.2, 0.25) is 0 Å². The fourth-order valence-corrected chi connectivity index (χ4v) is 4.38. The van der Waals surface area contributed by atoms with Crippen molar-refractivity contribution < 1.29 is 13.2 Å². The van der Waals surface area contributed by atoms with Gasteiger partial charge >= 0.3 is 6.18 Å². The van der Waals surface area contributed by atoms with E-state index in [1.807, 2.05) is 0 Å². The molecule has 0 radical (unpaired) electrons. The Morgan fingerprint density at radius 1 is 0.900 bits per heavy atom. The average Bonchev–Trinajstić information content (AvgIpc) is 2.82. The Morgan fingerprint density at radius 3 is 2.55 bits per heavy atom. The molecule has 1 saturated carbocycles. The average molecular weight is 290 g/mol. The topological polar surface area (TPSA) is 15.3 Å². The van der Waals surface area contributed by atoms with Crippen LogP contribution < -0.4 is 5.32 Å². The molecule has 3 rings (SSSR count). The number of piperidine rings is 1. The molecular formula is C15H25F3N2. The Labute approximate surface area is 119 Å². The van der Waals surface area contributed by atoms with Crippen LogP contribution in [0.1, 0.15) is 51.4 Å². The number of fused-ring (bicyclic) bond motifs is 1. The van der Waals surface area contributed by atoms with Gasteiger partial charge in [-0.15, -0.1) is 0 Å². The van der Waals surface area contributed by atoms with E-state index in [1.54, 1.807) is 0 Å². The van der Waals surface area contributed by atoms with Gasteiger partial charge in [-0.05, 0) is 45.1 Å². The lowest BCUT2D eigenvalue weighted by Crippen LogP contribution is -2.50. The van der Waals surface area contributed by atoms with Crippen LogP contribution in [0.3, 0.4) is 0 Å². The molecule has 3 aliphatic rings. The van der Waals surface area contributed by atoms with E-state index in [9.17, 15) is 13.2 Å². The second-order valence-electron chi connectivity index (χ2n) is 6.76. The first-order valence-corrected chi connectivity index (χ1v) is 8.11. The highest BCUT2D eigenvalue weighted by atomic mass is 19.4. The molecule has 2 heterocycles.